The number of alkyl halides is 3. The fourth-order valence-corrected chi connectivity index (χ4v) is 4.58. The van der Waals surface area contributed by atoms with Crippen molar-refractivity contribution >= 4 is 28.9 Å². The molecular formula is C28H20F6N4O4. The fraction of sp³-hybridized carbons (Fsp3) is 0.143. The van der Waals surface area contributed by atoms with Gasteiger partial charge in [-0.2, -0.15) is 13.2 Å². The first-order valence-electron chi connectivity index (χ1n) is 12.1. The third-order valence-corrected chi connectivity index (χ3v) is 6.40. The van der Waals surface area contributed by atoms with E-state index in [9.17, 15) is 46.0 Å². The Hall–Kier alpha value is -5.14. The molecule has 0 bridgehead atoms. The van der Waals surface area contributed by atoms with Gasteiger partial charge in [0, 0.05) is 52.7 Å². The SMILES string of the molecule is CC1=C(C(=O)Nc2cc(F)c(F)cc2F)[C@@H](c2cccc([N+](=O)[O-])c2)C(C(=O)Nc2ccccc2C(F)(F)F)=C(C)N1. The molecular weight excluding hydrogens is 570 g/mol. The summed E-state index contributed by atoms with van der Waals surface area (Å²) in [4.78, 5) is 37.9. The summed E-state index contributed by atoms with van der Waals surface area (Å²) in [6.07, 6.45) is -4.83. The second kappa shape index (κ2) is 11.4. The number of hydrogen-bond donors (Lipinski definition) is 3. The molecule has 0 aliphatic carbocycles. The van der Waals surface area contributed by atoms with Crippen LogP contribution in [0, 0.1) is 27.6 Å². The zero-order chi connectivity index (χ0) is 30.9. The first-order chi connectivity index (χ1) is 19.7. The van der Waals surface area contributed by atoms with Crippen LogP contribution < -0.4 is 16.0 Å². The van der Waals surface area contributed by atoms with Gasteiger partial charge in [0.05, 0.1) is 21.9 Å². The molecule has 0 saturated heterocycles. The van der Waals surface area contributed by atoms with Crippen LogP contribution in [0.1, 0.15) is 30.9 Å². The van der Waals surface area contributed by atoms with E-state index in [-0.39, 0.29) is 34.2 Å². The van der Waals surface area contributed by atoms with Gasteiger partial charge < -0.3 is 16.0 Å². The molecule has 3 aromatic rings. The maximum Gasteiger partial charge on any atom is 0.418 e. The second-order valence-corrected chi connectivity index (χ2v) is 9.19. The Labute approximate surface area is 233 Å². The molecule has 1 heterocycles. The molecule has 2 amide bonds. The topological polar surface area (TPSA) is 113 Å². The van der Waals surface area contributed by atoms with Crippen LogP contribution in [0.4, 0.5) is 43.4 Å². The Morgan fingerprint density at radius 3 is 1.98 bits per heavy atom. The van der Waals surface area contributed by atoms with Crippen molar-refractivity contribution in [3.8, 4) is 0 Å². The molecule has 0 radical (unpaired) electrons. The molecule has 4 rings (SSSR count). The number of nitrogens with one attached hydrogen (secondary N) is 3. The van der Waals surface area contributed by atoms with Crippen LogP contribution in [0.3, 0.4) is 0 Å². The van der Waals surface area contributed by atoms with E-state index in [2.05, 4.69) is 16.0 Å². The molecule has 3 N–H and O–H groups in total. The number of non-ortho nitro benzene ring substituents is 1. The number of allylic oxidation sites excluding steroid dienone is 2. The highest BCUT2D eigenvalue weighted by atomic mass is 19.4. The summed E-state index contributed by atoms with van der Waals surface area (Å²) in [5.41, 5.74) is -3.26. The Balaban J connectivity index is 1.84. The monoisotopic (exact) mass is 590 g/mol. The minimum absolute atomic E-state index is 0.0227. The second-order valence-electron chi connectivity index (χ2n) is 9.19. The number of carbonyl (C=O) groups excluding carboxylic acids is 2. The summed E-state index contributed by atoms with van der Waals surface area (Å²) < 4.78 is 82.5. The van der Waals surface area contributed by atoms with E-state index in [1.807, 2.05) is 0 Å². The van der Waals surface area contributed by atoms with Gasteiger partial charge in [0.25, 0.3) is 17.5 Å². The molecule has 218 valence electrons. The van der Waals surface area contributed by atoms with Crippen LogP contribution in [0.15, 0.2) is 83.2 Å². The lowest BCUT2D eigenvalue weighted by atomic mass is 9.79. The summed E-state index contributed by atoms with van der Waals surface area (Å²) >= 11 is 0. The fourth-order valence-electron chi connectivity index (χ4n) is 4.58. The first-order valence-corrected chi connectivity index (χ1v) is 12.1. The molecule has 1 aliphatic heterocycles. The molecule has 1 atom stereocenters. The molecule has 14 heteroatoms. The van der Waals surface area contributed by atoms with Crippen molar-refractivity contribution in [2.24, 2.45) is 0 Å². The molecule has 1 aliphatic rings. The lowest BCUT2D eigenvalue weighted by Gasteiger charge is -2.31. The van der Waals surface area contributed by atoms with Crippen LogP contribution in [-0.2, 0) is 15.8 Å². The number of halogens is 6. The van der Waals surface area contributed by atoms with Crippen LogP contribution in [0.5, 0.6) is 0 Å². The van der Waals surface area contributed by atoms with Crippen molar-refractivity contribution in [1.29, 1.82) is 0 Å². The average molecular weight is 590 g/mol. The predicted octanol–water partition coefficient (Wildman–Crippen LogP) is 6.54. The smallest absolute Gasteiger partial charge is 0.362 e. The number of dihydropyridines is 1. The van der Waals surface area contributed by atoms with Crippen LogP contribution >= 0.6 is 0 Å². The standard InChI is InChI=1S/C28H20F6N4O4/c1-13-23(26(39)36-21-9-4-3-8-17(21)28(32,33)34)25(15-6-5-7-16(10-15)38(41)42)24(14(2)35-13)27(40)37-22-12-19(30)18(29)11-20(22)31/h3-12,25,35H,1-2H3,(H,36,39)(H,37,40)/t25-/m0/s1. The van der Waals surface area contributed by atoms with Crippen molar-refractivity contribution in [3.63, 3.8) is 0 Å². The number of nitro benzene ring substituents is 1. The van der Waals surface area contributed by atoms with Crippen LogP contribution in [0.2, 0.25) is 0 Å². The maximum atomic E-state index is 14.4. The molecule has 42 heavy (non-hydrogen) atoms. The number of carbonyl (C=O) groups is 2. The number of nitro groups is 1. The van der Waals surface area contributed by atoms with E-state index >= 15 is 0 Å². The van der Waals surface area contributed by atoms with Crippen molar-refractivity contribution in [2.45, 2.75) is 25.9 Å². The minimum atomic E-state index is -4.83. The lowest BCUT2D eigenvalue weighted by Crippen LogP contribution is -2.35. The Kier molecular flexibility index (Phi) is 8.09. The summed E-state index contributed by atoms with van der Waals surface area (Å²) in [5.74, 6) is -7.90. The van der Waals surface area contributed by atoms with Gasteiger partial charge in [0.15, 0.2) is 11.6 Å². The number of hydrogen-bond acceptors (Lipinski definition) is 5. The van der Waals surface area contributed by atoms with Gasteiger partial charge in [0.1, 0.15) is 5.82 Å². The molecule has 0 unspecified atom stereocenters. The summed E-state index contributed by atoms with van der Waals surface area (Å²) in [5, 5.41) is 18.6. The van der Waals surface area contributed by atoms with E-state index < -0.39 is 68.9 Å². The number of amides is 2. The highest BCUT2D eigenvalue weighted by Gasteiger charge is 2.39. The molecule has 0 aromatic heterocycles. The lowest BCUT2D eigenvalue weighted by molar-refractivity contribution is -0.384. The average Bonchev–Trinajstić information content (AvgIpc) is 2.90. The summed E-state index contributed by atoms with van der Waals surface area (Å²) in [7, 11) is 0. The van der Waals surface area contributed by atoms with Gasteiger partial charge in [0.2, 0.25) is 0 Å². The number of benzene rings is 3. The maximum absolute atomic E-state index is 14.4. The highest BCUT2D eigenvalue weighted by Crippen LogP contribution is 2.41. The normalized spacial score (nSPS) is 15.3. The molecule has 0 saturated carbocycles. The highest BCUT2D eigenvalue weighted by molar-refractivity contribution is 6.12. The molecule has 3 aromatic carbocycles. The van der Waals surface area contributed by atoms with Gasteiger partial charge in [-0.15, -0.1) is 0 Å². The summed E-state index contributed by atoms with van der Waals surface area (Å²) in [6.45, 7) is 2.81. The van der Waals surface area contributed by atoms with E-state index in [1.165, 1.54) is 32.0 Å². The first kappa shape index (κ1) is 29.8. The van der Waals surface area contributed by atoms with Gasteiger partial charge in [-0.1, -0.05) is 24.3 Å². The molecule has 0 spiro atoms. The third kappa shape index (κ3) is 5.96. The number of rotatable bonds is 6. The largest absolute Gasteiger partial charge is 0.418 e. The van der Waals surface area contributed by atoms with E-state index in [4.69, 9.17) is 0 Å². The van der Waals surface area contributed by atoms with Gasteiger partial charge in [-0.05, 0) is 31.5 Å². The van der Waals surface area contributed by atoms with Crippen LogP contribution in [-0.4, -0.2) is 16.7 Å². The number of anilines is 2. The zero-order valence-corrected chi connectivity index (χ0v) is 21.7. The van der Waals surface area contributed by atoms with Crippen molar-refractivity contribution < 1.29 is 40.9 Å². The van der Waals surface area contributed by atoms with Crippen molar-refractivity contribution in [3.05, 3.63) is 122 Å². The minimum Gasteiger partial charge on any atom is -0.362 e. The van der Waals surface area contributed by atoms with Crippen molar-refractivity contribution in [1.82, 2.24) is 5.32 Å². The number of nitrogens with zero attached hydrogens (tertiary/aromatic N) is 1. The van der Waals surface area contributed by atoms with Gasteiger partial charge in [-0.3, -0.25) is 19.7 Å². The predicted molar refractivity (Wildman–Crippen MR) is 139 cm³/mol. The molecule has 8 nitrogen and oxygen atoms in total. The van der Waals surface area contributed by atoms with E-state index in [1.54, 1.807) is 0 Å². The van der Waals surface area contributed by atoms with Crippen LogP contribution in [0.25, 0.3) is 0 Å². The van der Waals surface area contributed by atoms with Crippen molar-refractivity contribution in [2.75, 3.05) is 10.6 Å². The Morgan fingerprint density at radius 1 is 0.810 bits per heavy atom. The third-order valence-electron chi connectivity index (χ3n) is 6.40. The Morgan fingerprint density at radius 2 is 1.38 bits per heavy atom. The Bertz CT molecular complexity index is 1680. The molecule has 0 fully saturated rings. The van der Waals surface area contributed by atoms with E-state index in [0.29, 0.717) is 6.07 Å². The van der Waals surface area contributed by atoms with E-state index in [0.717, 1.165) is 30.3 Å². The quantitative estimate of drug-likeness (QED) is 0.131. The number of para-hydroxylation sites is 1. The summed E-state index contributed by atoms with van der Waals surface area (Å²) in [6, 6.07) is 9.64. The van der Waals surface area contributed by atoms with Gasteiger partial charge >= 0.3 is 6.18 Å². The van der Waals surface area contributed by atoms with Gasteiger partial charge in [-0.25, -0.2) is 13.2 Å². The zero-order valence-electron chi connectivity index (χ0n) is 21.7.